The molecule has 0 spiro atoms. The average Bonchev–Trinajstić information content (AvgIpc) is 3.17. The van der Waals surface area contributed by atoms with Crippen molar-refractivity contribution in [3.05, 3.63) is 58.6 Å². The van der Waals surface area contributed by atoms with Gasteiger partial charge in [0.15, 0.2) is 0 Å². The highest BCUT2D eigenvalue weighted by Crippen LogP contribution is 2.32. The van der Waals surface area contributed by atoms with E-state index in [0.717, 1.165) is 46.9 Å². The van der Waals surface area contributed by atoms with E-state index in [0.29, 0.717) is 6.54 Å². The van der Waals surface area contributed by atoms with Gasteiger partial charge in [0.25, 0.3) is 0 Å². The van der Waals surface area contributed by atoms with Gasteiger partial charge >= 0.3 is 0 Å². The predicted molar refractivity (Wildman–Crippen MR) is 82.2 cm³/mol. The summed E-state index contributed by atoms with van der Waals surface area (Å²) in [7, 11) is 0. The molecule has 112 valence electrons. The monoisotopic (exact) mass is 317 g/mol. The minimum Gasteiger partial charge on any atom is -0.312 e. The third kappa shape index (κ3) is 2.15. The maximum atomic E-state index is 14.1. The van der Waals surface area contributed by atoms with Gasteiger partial charge in [0.05, 0.1) is 10.6 Å². The summed E-state index contributed by atoms with van der Waals surface area (Å²) in [4.78, 5) is 1.04. The number of thiophene rings is 1. The van der Waals surface area contributed by atoms with Crippen molar-refractivity contribution in [2.45, 2.75) is 13.0 Å². The molecule has 3 heterocycles. The highest BCUT2D eigenvalue weighted by molar-refractivity contribution is 7.13. The summed E-state index contributed by atoms with van der Waals surface area (Å²) in [5, 5.41) is 9.89. The Morgan fingerprint density at radius 3 is 2.95 bits per heavy atom. The lowest BCUT2D eigenvalue weighted by Gasteiger charge is -2.15. The maximum absolute atomic E-state index is 14.1. The van der Waals surface area contributed by atoms with E-state index < -0.39 is 11.6 Å². The highest BCUT2D eigenvalue weighted by Gasteiger charge is 2.24. The molecule has 0 saturated carbocycles. The Balaban J connectivity index is 1.95. The fourth-order valence-corrected chi connectivity index (χ4v) is 3.54. The Bertz CT molecular complexity index is 824. The molecule has 1 N–H and O–H groups in total. The molecule has 3 aromatic rings. The van der Waals surface area contributed by atoms with Gasteiger partial charge in [-0.15, -0.1) is 11.3 Å². The standard InChI is InChI=1S/C16H13F2N3S/c17-10-3-4-12(18)14(8-10)21-13-5-6-19-9-11(13)16(20-21)15-2-1-7-22-15/h1-4,7-8,19H,5-6,9H2. The van der Waals surface area contributed by atoms with E-state index in [1.807, 2.05) is 17.5 Å². The van der Waals surface area contributed by atoms with Crippen LogP contribution in [0.2, 0.25) is 0 Å². The minimum atomic E-state index is -0.469. The van der Waals surface area contributed by atoms with Crippen LogP contribution in [0.25, 0.3) is 16.3 Å². The summed E-state index contributed by atoms with van der Waals surface area (Å²) in [5.74, 6) is -0.935. The summed E-state index contributed by atoms with van der Waals surface area (Å²) in [6.07, 6.45) is 0.740. The third-order valence-electron chi connectivity index (χ3n) is 3.82. The van der Waals surface area contributed by atoms with Gasteiger partial charge in [-0.25, -0.2) is 13.5 Å². The van der Waals surface area contributed by atoms with Crippen molar-refractivity contribution in [2.75, 3.05) is 6.54 Å². The molecule has 0 bridgehead atoms. The van der Waals surface area contributed by atoms with Gasteiger partial charge in [-0.2, -0.15) is 5.10 Å². The Labute approximate surface area is 130 Å². The summed E-state index contributed by atoms with van der Waals surface area (Å²) < 4.78 is 29.2. The molecule has 0 unspecified atom stereocenters. The zero-order valence-electron chi connectivity index (χ0n) is 11.6. The van der Waals surface area contributed by atoms with E-state index in [1.54, 1.807) is 16.0 Å². The molecule has 1 aliphatic heterocycles. The number of nitrogens with zero attached hydrogens (tertiary/aromatic N) is 2. The molecule has 0 amide bonds. The lowest BCUT2D eigenvalue weighted by Crippen LogP contribution is -2.24. The smallest absolute Gasteiger partial charge is 0.149 e. The molecule has 6 heteroatoms. The van der Waals surface area contributed by atoms with Crippen LogP contribution in [0.15, 0.2) is 35.7 Å². The van der Waals surface area contributed by atoms with Gasteiger partial charge in [-0.1, -0.05) is 6.07 Å². The van der Waals surface area contributed by atoms with Crippen LogP contribution < -0.4 is 5.32 Å². The quantitative estimate of drug-likeness (QED) is 0.784. The molecule has 0 aliphatic carbocycles. The lowest BCUT2D eigenvalue weighted by atomic mass is 10.1. The molecule has 3 nitrogen and oxygen atoms in total. The molecule has 1 aromatic carbocycles. The van der Waals surface area contributed by atoms with E-state index in [-0.39, 0.29) is 5.69 Å². The van der Waals surface area contributed by atoms with Crippen LogP contribution in [0.1, 0.15) is 11.3 Å². The topological polar surface area (TPSA) is 29.9 Å². The molecule has 2 aromatic heterocycles. The van der Waals surface area contributed by atoms with Crippen LogP contribution in [0.4, 0.5) is 8.78 Å². The van der Waals surface area contributed by atoms with Crippen molar-refractivity contribution in [1.29, 1.82) is 0 Å². The molecule has 1 aliphatic rings. The fourth-order valence-electron chi connectivity index (χ4n) is 2.81. The first-order valence-electron chi connectivity index (χ1n) is 7.05. The second kappa shape index (κ2) is 5.30. The third-order valence-corrected chi connectivity index (χ3v) is 4.70. The van der Waals surface area contributed by atoms with E-state index in [1.165, 1.54) is 6.07 Å². The van der Waals surface area contributed by atoms with Crippen molar-refractivity contribution in [2.24, 2.45) is 0 Å². The molecule has 0 atom stereocenters. The Kier molecular flexibility index (Phi) is 3.28. The van der Waals surface area contributed by atoms with Gasteiger partial charge in [-0.3, -0.25) is 0 Å². The van der Waals surface area contributed by atoms with E-state index in [4.69, 9.17) is 0 Å². The molecule has 22 heavy (non-hydrogen) atoms. The van der Waals surface area contributed by atoms with Gasteiger partial charge in [0.2, 0.25) is 0 Å². The summed E-state index contributed by atoms with van der Waals surface area (Å²) >= 11 is 1.59. The summed E-state index contributed by atoms with van der Waals surface area (Å²) in [5.41, 5.74) is 3.03. The first kappa shape index (κ1) is 13.6. The number of fused-ring (bicyclic) bond motifs is 1. The number of hydrogen-bond acceptors (Lipinski definition) is 3. The van der Waals surface area contributed by atoms with Crippen molar-refractivity contribution in [3.8, 4) is 16.3 Å². The highest BCUT2D eigenvalue weighted by atomic mass is 32.1. The maximum Gasteiger partial charge on any atom is 0.149 e. The van der Waals surface area contributed by atoms with Crippen LogP contribution in [0.5, 0.6) is 0 Å². The molecular weight excluding hydrogens is 304 g/mol. The van der Waals surface area contributed by atoms with E-state index in [2.05, 4.69) is 10.4 Å². The SMILES string of the molecule is Fc1ccc(F)c(-n2nc(-c3cccs3)c3c2CCNC3)c1. The van der Waals surface area contributed by atoms with Crippen LogP contribution in [0.3, 0.4) is 0 Å². The largest absolute Gasteiger partial charge is 0.312 e. The van der Waals surface area contributed by atoms with Crippen LogP contribution in [-0.2, 0) is 13.0 Å². The number of aromatic nitrogens is 2. The van der Waals surface area contributed by atoms with E-state index in [9.17, 15) is 8.78 Å². The Hall–Kier alpha value is -2.05. The number of halogens is 2. The zero-order valence-corrected chi connectivity index (χ0v) is 12.5. The number of benzene rings is 1. The number of hydrogen-bond donors (Lipinski definition) is 1. The Morgan fingerprint density at radius 1 is 1.23 bits per heavy atom. The first-order valence-corrected chi connectivity index (χ1v) is 7.93. The second-order valence-electron chi connectivity index (χ2n) is 5.19. The fraction of sp³-hybridized carbons (Fsp3) is 0.188. The predicted octanol–water partition coefficient (Wildman–Crippen LogP) is 3.52. The van der Waals surface area contributed by atoms with Gasteiger partial charge in [0, 0.05) is 31.1 Å². The molecule has 0 radical (unpaired) electrons. The second-order valence-corrected chi connectivity index (χ2v) is 6.13. The summed E-state index contributed by atoms with van der Waals surface area (Å²) in [6.45, 7) is 1.50. The number of nitrogens with one attached hydrogen (secondary N) is 1. The first-order chi connectivity index (χ1) is 10.7. The van der Waals surface area contributed by atoms with Gasteiger partial charge in [-0.05, 0) is 23.6 Å². The van der Waals surface area contributed by atoms with E-state index >= 15 is 0 Å². The minimum absolute atomic E-state index is 0.168. The zero-order chi connectivity index (χ0) is 15.1. The normalized spacial score (nSPS) is 14.1. The molecule has 0 fully saturated rings. The van der Waals surface area contributed by atoms with Crippen LogP contribution >= 0.6 is 11.3 Å². The van der Waals surface area contributed by atoms with Crippen molar-refractivity contribution in [1.82, 2.24) is 15.1 Å². The number of rotatable bonds is 2. The van der Waals surface area contributed by atoms with Crippen molar-refractivity contribution in [3.63, 3.8) is 0 Å². The van der Waals surface area contributed by atoms with Crippen LogP contribution in [0, 0.1) is 11.6 Å². The van der Waals surface area contributed by atoms with Gasteiger partial charge < -0.3 is 5.32 Å². The van der Waals surface area contributed by atoms with Crippen molar-refractivity contribution >= 4 is 11.3 Å². The molecular formula is C16H13F2N3S. The Morgan fingerprint density at radius 2 is 2.14 bits per heavy atom. The lowest BCUT2D eigenvalue weighted by molar-refractivity contribution is 0.575. The van der Waals surface area contributed by atoms with Gasteiger partial charge in [0.1, 0.15) is 23.0 Å². The molecule has 4 rings (SSSR count). The molecule has 0 saturated heterocycles. The van der Waals surface area contributed by atoms with Crippen LogP contribution in [-0.4, -0.2) is 16.3 Å². The summed E-state index contributed by atoms with van der Waals surface area (Å²) in [6, 6.07) is 7.42. The average molecular weight is 317 g/mol. The van der Waals surface area contributed by atoms with Crippen molar-refractivity contribution < 1.29 is 8.78 Å².